The van der Waals surface area contributed by atoms with Crippen molar-refractivity contribution in [2.75, 3.05) is 37.6 Å². The zero-order valence-corrected chi connectivity index (χ0v) is 14.0. The Morgan fingerprint density at radius 3 is 2.54 bits per heavy atom. The fourth-order valence-electron chi connectivity index (χ4n) is 2.92. The van der Waals surface area contributed by atoms with Gasteiger partial charge in [0, 0.05) is 38.4 Å². The van der Waals surface area contributed by atoms with Crippen LogP contribution in [0.25, 0.3) is 6.08 Å². The van der Waals surface area contributed by atoms with Crippen molar-refractivity contribution in [2.45, 2.75) is 6.92 Å². The SMILES string of the molecule is Cc1ccc(C#N)c(N2CCN(C/C=C/c3ccccc3)CC2)n1. The molecule has 0 spiro atoms. The van der Waals surface area contributed by atoms with Gasteiger partial charge >= 0.3 is 0 Å². The number of anilines is 1. The van der Waals surface area contributed by atoms with E-state index < -0.39 is 0 Å². The van der Waals surface area contributed by atoms with Gasteiger partial charge in [-0.05, 0) is 24.6 Å². The Labute approximate surface area is 143 Å². The van der Waals surface area contributed by atoms with Crippen molar-refractivity contribution in [3.05, 3.63) is 65.4 Å². The smallest absolute Gasteiger partial charge is 0.146 e. The average molecular weight is 318 g/mol. The summed E-state index contributed by atoms with van der Waals surface area (Å²) in [5.41, 5.74) is 2.86. The molecule has 0 aliphatic carbocycles. The molecule has 2 heterocycles. The minimum atomic E-state index is 0.665. The van der Waals surface area contributed by atoms with E-state index >= 15 is 0 Å². The molecule has 1 aliphatic rings. The van der Waals surface area contributed by atoms with Crippen molar-refractivity contribution in [1.82, 2.24) is 9.88 Å². The van der Waals surface area contributed by atoms with Crippen LogP contribution >= 0.6 is 0 Å². The topological polar surface area (TPSA) is 43.2 Å². The zero-order chi connectivity index (χ0) is 16.8. The van der Waals surface area contributed by atoms with Crippen LogP contribution in [0.15, 0.2) is 48.5 Å². The Morgan fingerprint density at radius 1 is 1.08 bits per heavy atom. The predicted molar refractivity (Wildman–Crippen MR) is 97.8 cm³/mol. The van der Waals surface area contributed by atoms with Gasteiger partial charge in [0.05, 0.1) is 5.56 Å². The van der Waals surface area contributed by atoms with Crippen molar-refractivity contribution >= 4 is 11.9 Å². The van der Waals surface area contributed by atoms with Gasteiger partial charge < -0.3 is 4.90 Å². The first-order valence-corrected chi connectivity index (χ1v) is 8.33. The largest absolute Gasteiger partial charge is 0.353 e. The molecular weight excluding hydrogens is 296 g/mol. The molecule has 1 saturated heterocycles. The van der Waals surface area contributed by atoms with Crippen molar-refractivity contribution in [3.8, 4) is 6.07 Å². The van der Waals surface area contributed by atoms with Gasteiger partial charge in [-0.2, -0.15) is 5.26 Å². The molecule has 0 N–H and O–H groups in total. The Bertz CT molecular complexity index is 738. The van der Waals surface area contributed by atoms with E-state index in [1.165, 1.54) is 5.56 Å². The van der Waals surface area contributed by atoms with Gasteiger partial charge in [-0.1, -0.05) is 42.5 Å². The first kappa shape index (κ1) is 16.2. The second-order valence-electron chi connectivity index (χ2n) is 6.04. The average Bonchev–Trinajstić information content (AvgIpc) is 2.63. The third kappa shape index (κ3) is 4.01. The van der Waals surface area contributed by atoms with Gasteiger partial charge in [0.2, 0.25) is 0 Å². The van der Waals surface area contributed by atoms with Crippen molar-refractivity contribution in [3.63, 3.8) is 0 Å². The van der Waals surface area contributed by atoms with Crippen molar-refractivity contribution < 1.29 is 0 Å². The molecule has 4 nitrogen and oxygen atoms in total. The molecular formula is C20H22N4. The highest BCUT2D eigenvalue weighted by atomic mass is 15.3. The third-order valence-corrected chi connectivity index (χ3v) is 4.28. The van der Waals surface area contributed by atoms with E-state index in [-0.39, 0.29) is 0 Å². The molecule has 0 radical (unpaired) electrons. The maximum atomic E-state index is 9.28. The van der Waals surface area contributed by atoms with E-state index in [1.807, 2.05) is 25.1 Å². The normalized spacial score (nSPS) is 15.6. The molecule has 0 amide bonds. The number of aryl methyl sites for hydroxylation is 1. The molecule has 1 aliphatic heterocycles. The fraction of sp³-hybridized carbons (Fsp3) is 0.300. The van der Waals surface area contributed by atoms with E-state index in [0.29, 0.717) is 5.56 Å². The number of nitrogens with zero attached hydrogens (tertiary/aromatic N) is 4. The Hall–Kier alpha value is -2.64. The van der Waals surface area contributed by atoms with E-state index in [4.69, 9.17) is 0 Å². The lowest BCUT2D eigenvalue weighted by molar-refractivity contribution is 0.283. The van der Waals surface area contributed by atoms with Crippen LogP contribution in [-0.2, 0) is 0 Å². The molecule has 1 aromatic heterocycles. The maximum absolute atomic E-state index is 9.28. The van der Waals surface area contributed by atoms with Crippen LogP contribution in [0.1, 0.15) is 16.8 Å². The van der Waals surface area contributed by atoms with Crippen LogP contribution in [0.4, 0.5) is 5.82 Å². The molecule has 2 aromatic rings. The van der Waals surface area contributed by atoms with Crippen molar-refractivity contribution in [1.29, 1.82) is 5.26 Å². The van der Waals surface area contributed by atoms with Gasteiger partial charge in [-0.25, -0.2) is 4.98 Å². The Balaban J connectivity index is 1.56. The number of pyridine rings is 1. The molecule has 1 aromatic carbocycles. The Morgan fingerprint density at radius 2 is 1.83 bits per heavy atom. The number of hydrogen-bond acceptors (Lipinski definition) is 4. The summed E-state index contributed by atoms with van der Waals surface area (Å²) >= 11 is 0. The van der Waals surface area contributed by atoms with Crippen molar-refractivity contribution in [2.24, 2.45) is 0 Å². The third-order valence-electron chi connectivity index (χ3n) is 4.28. The summed E-state index contributed by atoms with van der Waals surface area (Å²) in [5.74, 6) is 0.831. The number of nitriles is 1. The molecule has 0 unspecified atom stereocenters. The molecule has 0 saturated carbocycles. The summed E-state index contributed by atoms with van der Waals surface area (Å²) in [6.45, 7) is 6.71. The van der Waals surface area contributed by atoms with Gasteiger partial charge in [-0.15, -0.1) is 0 Å². The summed E-state index contributed by atoms with van der Waals surface area (Å²) in [6, 6.07) is 16.4. The summed E-state index contributed by atoms with van der Waals surface area (Å²) in [5, 5.41) is 9.28. The van der Waals surface area contributed by atoms with Gasteiger partial charge in [0.1, 0.15) is 11.9 Å². The summed E-state index contributed by atoms with van der Waals surface area (Å²) in [7, 11) is 0. The van der Waals surface area contributed by atoms with Gasteiger partial charge in [0.15, 0.2) is 0 Å². The fourth-order valence-corrected chi connectivity index (χ4v) is 2.92. The minimum Gasteiger partial charge on any atom is -0.353 e. The van der Waals surface area contributed by atoms with E-state index in [0.717, 1.165) is 44.2 Å². The number of benzene rings is 1. The first-order chi connectivity index (χ1) is 11.8. The second kappa shape index (κ2) is 7.76. The molecule has 24 heavy (non-hydrogen) atoms. The van der Waals surface area contributed by atoms with Gasteiger partial charge in [0.25, 0.3) is 0 Å². The standard InChI is InChI=1S/C20H22N4/c1-17-9-10-19(16-21)20(22-17)24-14-12-23(13-15-24)11-5-8-18-6-3-2-4-7-18/h2-10H,11-15H2,1H3/b8-5+. The van der Waals surface area contributed by atoms with Crippen LogP contribution < -0.4 is 4.90 Å². The quantitative estimate of drug-likeness (QED) is 0.869. The number of piperazine rings is 1. The Kier molecular flexibility index (Phi) is 5.25. The van der Waals surface area contributed by atoms with Crippen LogP contribution in [0.2, 0.25) is 0 Å². The molecule has 0 atom stereocenters. The molecule has 4 heteroatoms. The number of rotatable bonds is 4. The highest BCUT2D eigenvalue weighted by molar-refractivity contribution is 5.54. The van der Waals surface area contributed by atoms with E-state index in [9.17, 15) is 5.26 Å². The number of aromatic nitrogens is 1. The van der Waals surface area contributed by atoms with Gasteiger partial charge in [-0.3, -0.25) is 4.90 Å². The second-order valence-corrected chi connectivity index (χ2v) is 6.04. The highest BCUT2D eigenvalue weighted by Gasteiger charge is 2.19. The predicted octanol–water partition coefficient (Wildman–Crippen LogP) is 3.10. The monoisotopic (exact) mass is 318 g/mol. The minimum absolute atomic E-state index is 0.665. The molecule has 1 fully saturated rings. The lowest BCUT2D eigenvalue weighted by atomic mass is 10.2. The molecule has 0 bridgehead atoms. The summed E-state index contributed by atoms with van der Waals surface area (Å²) < 4.78 is 0. The van der Waals surface area contributed by atoms with Crippen LogP contribution in [0, 0.1) is 18.3 Å². The zero-order valence-electron chi connectivity index (χ0n) is 14.0. The van der Waals surface area contributed by atoms with Crippen LogP contribution in [-0.4, -0.2) is 42.6 Å². The summed E-state index contributed by atoms with van der Waals surface area (Å²) in [4.78, 5) is 9.22. The summed E-state index contributed by atoms with van der Waals surface area (Å²) in [6.07, 6.45) is 4.39. The maximum Gasteiger partial charge on any atom is 0.146 e. The van der Waals surface area contributed by atoms with Crippen LogP contribution in [0.5, 0.6) is 0 Å². The number of hydrogen-bond donors (Lipinski definition) is 0. The first-order valence-electron chi connectivity index (χ1n) is 8.33. The van der Waals surface area contributed by atoms with E-state index in [2.05, 4.69) is 57.3 Å². The lowest BCUT2D eigenvalue weighted by Gasteiger charge is -2.35. The molecule has 3 rings (SSSR count). The van der Waals surface area contributed by atoms with E-state index in [1.54, 1.807) is 0 Å². The van der Waals surface area contributed by atoms with Crippen LogP contribution in [0.3, 0.4) is 0 Å². The molecule has 122 valence electrons. The highest BCUT2D eigenvalue weighted by Crippen LogP contribution is 2.19. The lowest BCUT2D eigenvalue weighted by Crippen LogP contribution is -2.46.